The molecule has 1 aliphatic heterocycles. The Kier molecular flexibility index (Phi) is 4.01. The van der Waals surface area contributed by atoms with Crippen molar-refractivity contribution >= 4 is 28.9 Å². The predicted octanol–water partition coefficient (Wildman–Crippen LogP) is 4.49. The molecule has 0 bridgehead atoms. The Bertz CT molecular complexity index is 825. The molecule has 3 nitrogen and oxygen atoms in total. The van der Waals surface area contributed by atoms with E-state index < -0.39 is 0 Å². The molecule has 2 aliphatic rings. The van der Waals surface area contributed by atoms with Gasteiger partial charge in [0, 0.05) is 11.7 Å². The van der Waals surface area contributed by atoms with Crippen LogP contribution in [0.3, 0.4) is 0 Å². The summed E-state index contributed by atoms with van der Waals surface area (Å²) in [6, 6.07) is 8.40. The summed E-state index contributed by atoms with van der Waals surface area (Å²) in [5.41, 5.74) is 2.77. The Hall–Kier alpha value is -1.65. The van der Waals surface area contributed by atoms with Crippen molar-refractivity contribution in [1.29, 1.82) is 0 Å². The van der Waals surface area contributed by atoms with Crippen LogP contribution in [0.1, 0.15) is 59.1 Å². The number of nitrogens with zero attached hydrogens (tertiary/aromatic N) is 1. The van der Waals surface area contributed by atoms with Crippen LogP contribution in [0.15, 0.2) is 36.5 Å². The molecule has 1 saturated heterocycles. The minimum atomic E-state index is -0.388. The van der Waals surface area contributed by atoms with Gasteiger partial charge in [-0.15, -0.1) is 0 Å². The third-order valence-electron chi connectivity index (χ3n) is 5.92. The molecule has 0 spiro atoms. The van der Waals surface area contributed by atoms with Crippen molar-refractivity contribution in [3.8, 4) is 0 Å². The maximum Gasteiger partial charge on any atom is 0.497 e. The second-order valence-corrected chi connectivity index (χ2v) is 8.17. The van der Waals surface area contributed by atoms with Crippen LogP contribution in [0.5, 0.6) is 0 Å². The summed E-state index contributed by atoms with van der Waals surface area (Å²) in [6.07, 6.45) is 9.03. The highest BCUT2D eigenvalue weighted by Gasteiger charge is 2.53. The van der Waals surface area contributed by atoms with Gasteiger partial charge in [-0.3, -0.25) is 4.98 Å². The maximum atomic E-state index is 6.40. The minimum Gasteiger partial charge on any atom is -0.399 e. The minimum absolute atomic E-state index is 0.354. The molecule has 2 heterocycles. The van der Waals surface area contributed by atoms with Gasteiger partial charge in [0.25, 0.3) is 0 Å². The third kappa shape index (κ3) is 2.82. The van der Waals surface area contributed by atoms with Crippen LogP contribution in [0.25, 0.3) is 16.3 Å². The first kappa shape index (κ1) is 16.8. The highest BCUT2D eigenvalue weighted by atomic mass is 16.7. The second-order valence-electron chi connectivity index (χ2n) is 8.17. The van der Waals surface area contributed by atoms with Gasteiger partial charge in [-0.2, -0.15) is 0 Å². The fourth-order valence-electron chi connectivity index (χ4n) is 3.69. The van der Waals surface area contributed by atoms with Gasteiger partial charge in [0.05, 0.1) is 16.9 Å². The van der Waals surface area contributed by atoms with Gasteiger partial charge in [0.2, 0.25) is 0 Å². The lowest BCUT2D eigenvalue weighted by molar-refractivity contribution is 0.00578. The number of fused-ring (bicyclic) bond motifs is 1. The van der Waals surface area contributed by atoms with Crippen molar-refractivity contribution < 1.29 is 9.31 Å². The van der Waals surface area contributed by atoms with Crippen LogP contribution in [-0.4, -0.2) is 23.3 Å². The number of aromatic nitrogens is 1. The van der Waals surface area contributed by atoms with E-state index in [1.807, 2.05) is 6.20 Å². The average Bonchev–Trinajstić information content (AvgIpc) is 2.82. The van der Waals surface area contributed by atoms with E-state index in [2.05, 4.69) is 58.0 Å². The van der Waals surface area contributed by atoms with E-state index in [4.69, 9.17) is 14.3 Å². The lowest BCUT2D eigenvalue weighted by Crippen LogP contribution is -2.41. The number of allylic oxidation sites excluding steroid dienone is 2. The van der Waals surface area contributed by atoms with Crippen molar-refractivity contribution in [3.63, 3.8) is 0 Å². The summed E-state index contributed by atoms with van der Waals surface area (Å²) in [6.45, 7) is 8.41. The molecule has 0 amide bonds. The van der Waals surface area contributed by atoms with Gasteiger partial charge in [-0.1, -0.05) is 30.3 Å². The van der Waals surface area contributed by atoms with Gasteiger partial charge >= 0.3 is 7.12 Å². The summed E-state index contributed by atoms with van der Waals surface area (Å²) >= 11 is 0. The summed E-state index contributed by atoms with van der Waals surface area (Å²) in [4.78, 5) is 4.84. The number of hydrogen-bond donors (Lipinski definition) is 0. The van der Waals surface area contributed by atoms with E-state index in [-0.39, 0.29) is 18.3 Å². The number of rotatable bonds is 2. The Morgan fingerprint density at radius 2 is 1.72 bits per heavy atom. The first-order valence-electron chi connectivity index (χ1n) is 9.32. The molecule has 1 fully saturated rings. The number of benzene rings is 1. The highest BCUT2D eigenvalue weighted by molar-refractivity contribution is 6.66. The Morgan fingerprint density at radius 3 is 2.40 bits per heavy atom. The molecule has 130 valence electrons. The average molecular weight is 335 g/mol. The first-order chi connectivity index (χ1) is 11.9. The van der Waals surface area contributed by atoms with Gasteiger partial charge < -0.3 is 9.31 Å². The van der Waals surface area contributed by atoms with Crippen LogP contribution >= 0.6 is 0 Å². The quantitative estimate of drug-likeness (QED) is 0.758. The molecular formula is C21H26BNO2. The van der Waals surface area contributed by atoms with Crippen molar-refractivity contribution in [2.24, 2.45) is 0 Å². The van der Waals surface area contributed by atoms with E-state index in [9.17, 15) is 0 Å². The van der Waals surface area contributed by atoms with Crippen LogP contribution < -0.4 is 5.46 Å². The summed E-state index contributed by atoms with van der Waals surface area (Å²) in [7, 11) is -0.388. The Morgan fingerprint density at radius 1 is 1.00 bits per heavy atom. The molecule has 1 aliphatic carbocycles. The van der Waals surface area contributed by atoms with Crippen LogP contribution in [0, 0.1) is 0 Å². The number of hydrogen-bond acceptors (Lipinski definition) is 3. The molecule has 4 rings (SSSR count). The van der Waals surface area contributed by atoms with E-state index in [1.54, 1.807) is 0 Å². The molecule has 0 atom stereocenters. The Labute approximate surface area is 150 Å². The topological polar surface area (TPSA) is 31.4 Å². The second kappa shape index (κ2) is 5.96. The zero-order chi connectivity index (χ0) is 17.7. The van der Waals surface area contributed by atoms with Gasteiger partial charge in [-0.05, 0) is 69.7 Å². The van der Waals surface area contributed by atoms with E-state index in [0.717, 1.165) is 29.4 Å². The standard InChI is InChI=1S/C21H26BNO2/c1-20(2)21(3,4)25-22(24-20)18-17-13-9-8-12-16(17)14-23-19(18)15-10-6-5-7-11-15/h8-10,12-14H,5-7,11H2,1-4H3. The SMILES string of the molecule is CC1(C)OB(c2c(C3=CCCCC3)ncc3ccccc23)OC1(C)C. The molecule has 2 aromatic rings. The van der Waals surface area contributed by atoms with Crippen molar-refractivity contribution in [2.75, 3.05) is 0 Å². The van der Waals surface area contributed by atoms with E-state index >= 15 is 0 Å². The first-order valence-corrected chi connectivity index (χ1v) is 9.32. The molecule has 0 radical (unpaired) electrons. The van der Waals surface area contributed by atoms with Crippen LogP contribution in [0.4, 0.5) is 0 Å². The smallest absolute Gasteiger partial charge is 0.399 e. The Balaban J connectivity index is 1.90. The molecule has 1 aromatic heterocycles. The highest BCUT2D eigenvalue weighted by Crippen LogP contribution is 2.38. The summed E-state index contributed by atoms with van der Waals surface area (Å²) in [5.74, 6) is 0. The molecule has 1 aromatic carbocycles. The van der Waals surface area contributed by atoms with Gasteiger partial charge in [0.1, 0.15) is 0 Å². The molecule has 0 unspecified atom stereocenters. The van der Waals surface area contributed by atoms with Crippen molar-refractivity contribution in [1.82, 2.24) is 4.98 Å². The monoisotopic (exact) mass is 335 g/mol. The third-order valence-corrected chi connectivity index (χ3v) is 5.92. The van der Waals surface area contributed by atoms with E-state index in [0.29, 0.717) is 0 Å². The summed E-state index contributed by atoms with van der Waals surface area (Å²) in [5, 5.41) is 2.31. The fourth-order valence-corrected chi connectivity index (χ4v) is 3.69. The molecular weight excluding hydrogens is 309 g/mol. The number of pyridine rings is 1. The lowest BCUT2D eigenvalue weighted by Gasteiger charge is -2.32. The van der Waals surface area contributed by atoms with Crippen molar-refractivity contribution in [3.05, 3.63) is 42.2 Å². The molecule has 0 saturated carbocycles. The van der Waals surface area contributed by atoms with Crippen LogP contribution in [-0.2, 0) is 9.31 Å². The largest absolute Gasteiger partial charge is 0.497 e. The fraction of sp³-hybridized carbons (Fsp3) is 0.476. The van der Waals surface area contributed by atoms with Gasteiger partial charge in [-0.25, -0.2) is 0 Å². The zero-order valence-electron chi connectivity index (χ0n) is 15.6. The molecule has 4 heteroatoms. The van der Waals surface area contributed by atoms with Crippen molar-refractivity contribution in [2.45, 2.75) is 64.6 Å². The normalized spacial score (nSPS) is 22.2. The summed E-state index contributed by atoms with van der Waals surface area (Å²) < 4.78 is 12.8. The van der Waals surface area contributed by atoms with Crippen LogP contribution in [0.2, 0.25) is 0 Å². The van der Waals surface area contributed by atoms with E-state index in [1.165, 1.54) is 23.8 Å². The maximum absolute atomic E-state index is 6.40. The molecule has 0 N–H and O–H groups in total. The zero-order valence-corrected chi connectivity index (χ0v) is 15.6. The van der Waals surface area contributed by atoms with Gasteiger partial charge in [0.15, 0.2) is 0 Å². The predicted molar refractivity (Wildman–Crippen MR) is 104 cm³/mol. The molecule has 25 heavy (non-hydrogen) atoms. The lowest BCUT2D eigenvalue weighted by atomic mass is 9.73.